The van der Waals surface area contributed by atoms with Crippen LogP contribution >= 0.6 is 0 Å². The van der Waals surface area contributed by atoms with Crippen LogP contribution in [0.4, 0.5) is 17.2 Å². The Morgan fingerprint density at radius 3 is 2.65 bits per heavy atom. The number of methoxy groups -OCH3 is 1. The summed E-state index contributed by atoms with van der Waals surface area (Å²) in [6.45, 7) is 4.06. The molecule has 0 spiro atoms. The van der Waals surface area contributed by atoms with E-state index in [-0.39, 0.29) is 11.6 Å². The van der Waals surface area contributed by atoms with Crippen LogP contribution < -0.4 is 15.4 Å². The van der Waals surface area contributed by atoms with Crippen LogP contribution in [0.2, 0.25) is 0 Å². The molecule has 0 saturated heterocycles. The molecular formula is C20H20N4O2. The topological polar surface area (TPSA) is 76.1 Å². The van der Waals surface area contributed by atoms with E-state index in [2.05, 4.69) is 26.7 Å². The van der Waals surface area contributed by atoms with E-state index in [9.17, 15) is 4.79 Å². The van der Waals surface area contributed by atoms with Gasteiger partial charge in [0.15, 0.2) is 0 Å². The molecule has 6 heteroatoms. The van der Waals surface area contributed by atoms with E-state index in [0.29, 0.717) is 17.3 Å². The van der Waals surface area contributed by atoms with Gasteiger partial charge in [0.25, 0.3) is 5.91 Å². The molecule has 2 aromatic carbocycles. The van der Waals surface area contributed by atoms with Gasteiger partial charge in [-0.15, -0.1) is 0 Å². The lowest BCUT2D eigenvalue weighted by Crippen LogP contribution is -2.14. The number of hydrogen-bond donors (Lipinski definition) is 2. The monoisotopic (exact) mass is 348 g/mol. The maximum atomic E-state index is 12.5. The third-order valence-electron chi connectivity index (χ3n) is 3.87. The lowest BCUT2D eigenvalue weighted by Gasteiger charge is -2.10. The van der Waals surface area contributed by atoms with Crippen molar-refractivity contribution in [2.75, 3.05) is 17.7 Å². The van der Waals surface area contributed by atoms with Gasteiger partial charge < -0.3 is 15.4 Å². The number of ether oxygens (including phenoxy) is 1. The Morgan fingerprint density at radius 1 is 1.04 bits per heavy atom. The van der Waals surface area contributed by atoms with Crippen molar-refractivity contribution in [1.82, 2.24) is 9.97 Å². The van der Waals surface area contributed by atoms with Gasteiger partial charge in [-0.2, -0.15) is 0 Å². The van der Waals surface area contributed by atoms with Gasteiger partial charge >= 0.3 is 0 Å². The van der Waals surface area contributed by atoms with E-state index in [0.717, 1.165) is 11.3 Å². The van der Waals surface area contributed by atoms with Gasteiger partial charge in [0.05, 0.1) is 7.11 Å². The largest absolute Gasteiger partial charge is 0.497 e. The minimum Gasteiger partial charge on any atom is -0.497 e. The fourth-order valence-electron chi connectivity index (χ4n) is 2.54. The van der Waals surface area contributed by atoms with E-state index in [1.54, 1.807) is 25.3 Å². The maximum absolute atomic E-state index is 12.5. The third kappa shape index (κ3) is 4.16. The van der Waals surface area contributed by atoms with Crippen LogP contribution in [0.25, 0.3) is 0 Å². The molecule has 6 nitrogen and oxygen atoms in total. The summed E-state index contributed by atoms with van der Waals surface area (Å²) in [5, 5.41) is 6.03. The molecule has 0 bridgehead atoms. The van der Waals surface area contributed by atoms with E-state index in [1.165, 1.54) is 11.9 Å². The Balaban J connectivity index is 1.76. The normalized spacial score (nSPS) is 10.3. The molecule has 0 aliphatic rings. The highest BCUT2D eigenvalue weighted by molar-refractivity contribution is 6.03. The standard InChI is InChI=1S/C20H20N4O2/c1-13-7-8-17(14(2)9-13)24-19-11-18(21-12-22-19)20(25)23-15-5-4-6-16(10-15)26-3/h4-12H,1-3H3,(H,23,25)(H,21,22,24). The number of hydrogen-bond acceptors (Lipinski definition) is 5. The summed E-state index contributed by atoms with van der Waals surface area (Å²) in [4.78, 5) is 20.7. The maximum Gasteiger partial charge on any atom is 0.274 e. The lowest BCUT2D eigenvalue weighted by molar-refractivity contribution is 0.102. The molecule has 132 valence electrons. The molecule has 0 saturated carbocycles. The Morgan fingerprint density at radius 2 is 1.88 bits per heavy atom. The second-order valence-corrected chi connectivity index (χ2v) is 5.92. The number of carbonyl (C=O) groups is 1. The number of aryl methyl sites for hydroxylation is 2. The quantitative estimate of drug-likeness (QED) is 0.726. The van der Waals surface area contributed by atoms with Crippen molar-refractivity contribution >= 4 is 23.1 Å². The van der Waals surface area contributed by atoms with Crippen LogP contribution in [-0.4, -0.2) is 23.0 Å². The minimum atomic E-state index is -0.315. The Bertz CT molecular complexity index is 941. The molecule has 0 unspecified atom stereocenters. The fraction of sp³-hybridized carbons (Fsp3) is 0.150. The molecule has 0 fully saturated rings. The first-order chi connectivity index (χ1) is 12.5. The molecule has 26 heavy (non-hydrogen) atoms. The number of anilines is 3. The highest BCUT2D eigenvalue weighted by Crippen LogP contribution is 2.21. The van der Waals surface area contributed by atoms with Crippen molar-refractivity contribution in [3.63, 3.8) is 0 Å². The molecule has 1 heterocycles. The zero-order chi connectivity index (χ0) is 18.5. The van der Waals surface area contributed by atoms with Crippen LogP contribution in [0.5, 0.6) is 5.75 Å². The first kappa shape index (κ1) is 17.4. The van der Waals surface area contributed by atoms with Gasteiger partial charge in [-0.05, 0) is 37.6 Å². The summed E-state index contributed by atoms with van der Waals surface area (Å²) in [6.07, 6.45) is 1.37. The molecule has 3 rings (SSSR count). The zero-order valence-corrected chi connectivity index (χ0v) is 14.9. The number of benzene rings is 2. The van der Waals surface area contributed by atoms with Crippen LogP contribution in [0.15, 0.2) is 54.9 Å². The summed E-state index contributed by atoms with van der Waals surface area (Å²) in [5.74, 6) is 0.912. The van der Waals surface area contributed by atoms with Crippen LogP contribution in [0.3, 0.4) is 0 Å². The van der Waals surface area contributed by atoms with E-state index >= 15 is 0 Å². The Kier molecular flexibility index (Phi) is 5.12. The fourth-order valence-corrected chi connectivity index (χ4v) is 2.54. The number of carbonyl (C=O) groups excluding carboxylic acids is 1. The summed E-state index contributed by atoms with van der Waals surface area (Å²) in [6, 6.07) is 14.9. The average molecular weight is 348 g/mol. The first-order valence-electron chi connectivity index (χ1n) is 8.17. The third-order valence-corrected chi connectivity index (χ3v) is 3.87. The molecule has 1 aromatic heterocycles. The van der Waals surface area contributed by atoms with Gasteiger partial charge in [0, 0.05) is 23.5 Å². The molecule has 0 aliphatic carbocycles. The minimum absolute atomic E-state index is 0.273. The highest BCUT2D eigenvalue weighted by Gasteiger charge is 2.10. The summed E-state index contributed by atoms with van der Waals surface area (Å²) in [7, 11) is 1.58. The van der Waals surface area contributed by atoms with Crippen molar-refractivity contribution in [1.29, 1.82) is 0 Å². The predicted octanol–water partition coefficient (Wildman–Crippen LogP) is 4.10. The molecular weight excluding hydrogens is 328 g/mol. The van der Waals surface area contributed by atoms with Crippen LogP contribution in [-0.2, 0) is 0 Å². The molecule has 0 radical (unpaired) electrons. The molecule has 1 amide bonds. The predicted molar refractivity (Wildman–Crippen MR) is 102 cm³/mol. The molecule has 3 aromatic rings. The van der Waals surface area contributed by atoms with E-state index in [4.69, 9.17) is 4.74 Å². The molecule has 0 aliphatic heterocycles. The highest BCUT2D eigenvalue weighted by atomic mass is 16.5. The number of nitrogens with zero attached hydrogens (tertiary/aromatic N) is 2. The lowest BCUT2D eigenvalue weighted by atomic mass is 10.1. The van der Waals surface area contributed by atoms with Gasteiger partial charge in [-0.3, -0.25) is 4.79 Å². The first-order valence-corrected chi connectivity index (χ1v) is 8.17. The SMILES string of the molecule is COc1cccc(NC(=O)c2cc(Nc3ccc(C)cc3C)ncn2)c1. The average Bonchev–Trinajstić information content (AvgIpc) is 2.64. The van der Waals surface area contributed by atoms with Gasteiger partial charge in [-0.25, -0.2) is 9.97 Å². The smallest absolute Gasteiger partial charge is 0.274 e. The van der Waals surface area contributed by atoms with Crippen LogP contribution in [0, 0.1) is 13.8 Å². The second-order valence-electron chi connectivity index (χ2n) is 5.92. The number of rotatable bonds is 5. The number of amides is 1. The summed E-state index contributed by atoms with van der Waals surface area (Å²) < 4.78 is 5.16. The van der Waals surface area contributed by atoms with E-state index in [1.807, 2.05) is 38.1 Å². The molecule has 0 atom stereocenters. The Hall–Kier alpha value is -3.41. The summed E-state index contributed by atoms with van der Waals surface area (Å²) in [5.41, 5.74) is 4.14. The van der Waals surface area contributed by atoms with Crippen molar-refractivity contribution in [2.45, 2.75) is 13.8 Å². The molecule has 2 N–H and O–H groups in total. The number of aromatic nitrogens is 2. The van der Waals surface area contributed by atoms with Crippen LogP contribution in [0.1, 0.15) is 21.6 Å². The Labute approximate surface area is 152 Å². The van der Waals surface area contributed by atoms with Crippen molar-refractivity contribution < 1.29 is 9.53 Å². The van der Waals surface area contributed by atoms with Gasteiger partial charge in [0.1, 0.15) is 23.6 Å². The zero-order valence-electron chi connectivity index (χ0n) is 14.9. The number of nitrogens with one attached hydrogen (secondary N) is 2. The van der Waals surface area contributed by atoms with E-state index < -0.39 is 0 Å². The van der Waals surface area contributed by atoms with Crippen molar-refractivity contribution in [3.05, 3.63) is 71.7 Å². The van der Waals surface area contributed by atoms with Crippen molar-refractivity contribution in [2.24, 2.45) is 0 Å². The second kappa shape index (κ2) is 7.65. The van der Waals surface area contributed by atoms with Crippen molar-refractivity contribution in [3.8, 4) is 5.75 Å². The summed E-state index contributed by atoms with van der Waals surface area (Å²) >= 11 is 0. The van der Waals surface area contributed by atoms with Gasteiger partial charge in [0.2, 0.25) is 0 Å². The van der Waals surface area contributed by atoms with Gasteiger partial charge in [-0.1, -0.05) is 23.8 Å².